The van der Waals surface area contributed by atoms with Crippen LogP contribution < -0.4 is 5.32 Å². The first-order valence-electron chi connectivity index (χ1n) is 6.58. The van der Waals surface area contributed by atoms with Crippen molar-refractivity contribution in [1.29, 1.82) is 0 Å². The summed E-state index contributed by atoms with van der Waals surface area (Å²) in [6.45, 7) is 2.52. The van der Waals surface area contributed by atoms with Crippen molar-refractivity contribution in [3.63, 3.8) is 0 Å². The first kappa shape index (κ1) is 15.9. The molecule has 0 radical (unpaired) electrons. The second-order valence-electron chi connectivity index (χ2n) is 4.64. The highest BCUT2D eigenvalue weighted by Crippen LogP contribution is 2.33. The Morgan fingerprint density at radius 1 is 1.10 bits per heavy atom. The Kier molecular flexibility index (Phi) is 4.91. The SMILES string of the molecule is CCNC(c1cccc(C(F)(F)F)c1)c1ccccc1Cl. The molecule has 21 heavy (non-hydrogen) atoms. The maximum Gasteiger partial charge on any atom is 0.416 e. The van der Waals surface area contributed by atoms with E-state index < -0.39 is 11.7 Å². The molecule has 2 rings (SSSR count). The van der Waals surface area contributed by atoms with Gasteiger partial charge >= 0.3 is 6.18 Å². The Hall–Kier alpha value is -1.52. The zero-order chi connectivity index (χ0) is 15.5. The lowest BCUT2D eigenvalue weighted by Crippen LogP contribution is -2.22. The summed E-state index contributed by atoms with van der Waals surface area (Å²) in [5, 5.41) is 3.71. The highest BCUT2D eigenvalue weighted by molar-refractivity contribution is 6.31. The molecule has 0 saturated carbocycles. The summed E-state index contributed by atoms with van der Waals surface area (Å²) in [5.41, 5.74) is 0.648. The second-order valence-corrected chi connectivity index (χ2v) is 5.04. The molecule has 0 amide bonds. The van der Waals surface area contributed by atoms with E-state index in [4.69, 9.17) is 11.6 Å². The van der Waals surface area contributed by atoms with Crippen LogP contribution in [0.3, 0.4) is 0 Å². The molecule has 0 heterocycles. The third-order valence-electron chi connectivity index (χ3n) is 3.17. The Balaban J connectivity index is 2.46. The highest BCUT2D eigenvalue weighted by Gasteiger charge is 2.31. The van der Waals surface area contributed by atoms with E-state index >= 15 is 0 Å². The van der Waals surface area contributed by atoms with Crippen molar-refractivity contribution in [3.8, 4) is 0 Å². The molecule has 0 aliphatic rings. The van der Waals surface area contributed by atoms with Gasteiger partial charge in [-0.05, 0) is 35.9 Å². The number of halogens is 4. The van der Waals surface area contributed by atoms with Crippen LogP contribution in [0.4, 0.5) is 13.2 Å². The molecule has 1 N–H and O–H groups in total. The van der Waals surface area contributed by atoms with Gasteiger partial charge in [0.2, 0.25) is 0 Å². The van der Waals surface area contributed by atoms with Crippen molar-refractivity contribution in [3.05, 3.63) is 70.2 Å². The van der Waals surface area contributed by atoms with Gasteiger partial charge in [0.05, 0.1) is 11.6 Å². The fourth-order valence-electron chi connectivity index (χ4n) is 2.22. The summed E-state index contributed by atoms with van der Waals surface area (Å²) in [7, 11) is 0. The van der Waals surface area contributed by atoms with Crippen LogP contribution in [0, 0.1) is 0 Å². The van der Waals surface area contributed by atoms with Crippen molar-refractivity contribution < 1.29 is 13.2 Å². The summed E-state index contributed by atoms with van der Waals surface area (Å²) >= 11 is 6.17. The zero-order valence-electron chi connectivity index (χ0n) is 11.4. The zero-order valence-corrected chi connectivity index (χ0v) is 12.2. The summed E-state index contributed by atoms with van der Waals surface area (Å²) in [6, 6.07) is 12.1. The standard InChI is InChI=1S/C16H15ClF3N/c1-2-21-15(13-8-3-4-9-14(13)17)11-6-5-7-12(10-11)16(18,19)20/h3-10,15,21H,2H2,1H3. The quantitative estimate of drug-likeness (QED) is 0.832. The van der Waals surface area contributed by atoms with Gasteiger partial charge in [0, 0.05) is 5.02 Å². The maximum atomic E-state index is 12.9. The average molecular weight is 314 g/mol. The predicted molar refractivity (Wildman–Crippen MR) is 78.4 cm³/mol. The Bertz CT molecular complexity index is 610. The molecular formula is C16H15ClF3N. The van der Waals surface area contributed by atoms with Crippen LogP contribution >= 0.6 is 11.6 Å². The minimum absolute atomic E-state index is 0.369. The van der Waals surface area contributed by atoms with Gasteiger partial charge in [-0.15, -0.1) is 0 Å². The third-order valence-corrected chi connectivity index (χ3v) is 3.52. The third kappa shape index (κ3) is 3.77. The molecule has 5 heteroatoms. The van der Waals surface area contributed by atoms with Crippen molar-refractivity contribution >= 4 is 11.6 Å². The minimum Gasteiger partial charge on any atom is -0.306 e. The number of rotatable bonds is 4. The predicted octanol–water partition coefficient (Wildman–Crippen LogP) is 5.06. The molecule has 2 aromatic rings. The van der Waals surface area contributed by atoms with Crippen LogP contribution in [-0.4, -0.2) is 6.54 Å². The lowest BCUT2D eigenvalue weighted by molar-refractivity contribution is -0.137. The molecule has 2 aromatic carbocycles. The Morgan fingerprint density at radius 3 is 2.43 bits per heavy atom. The fourth-order valence-corrected chi connectivity index (χ4v) is 2.46. The normalized spacial score (nSPS) is 13.2. The largest absolute Gasteiger partial charge is 0.416 e. The summed E-state index contributed by atoms with van der Waals surface area (Å²) in [6.07, 6.45) is -4.35. The molecule has 0 spiro atoms. The van der Waals surface area contributed by atoms with Crippen molar-refractivity contribution in [1.82, 2.24) is 5.32 Å². The second kappa shape index (κ2) is 6.50. The van der Waals surface area contributed by atoms with Crippen molar-refractivity contribution in [2.24, 2.45) is 0 Å². The van der Waals surface area contributed by atoms with Crippen molar-refractivity contribution in [2.45, 2.75) is 19.1 Å². The molecule has 1 nitrogen and oxygen atoms in total. The van der Waals surface area contributed by atoms with Crippen LogP contribution in [0.25, 0.3) is 0 Å². The molecule has 1 unspecified atom stereocenters. The molecule has 0 aliphatic heterocycles. The molecular weight excluding hydrogens is 299 g/mol. The number of alkyl halides is 3. The van der Waals surface area contributed by atoms with Crippen LogP contribution in [0.1, 0.15) is 29.7 Å². The molecule has 0 saturated heterocycles. The van der Waals surface area contributed by atoms with E-state index in [-0.39, 0.29) is 6.04 Å². The van der Waals surface area contributed by atoms with Crippen LogP contribution in [0.2, 0.25) is 5.02 Å². The summed E-state index contributed by atoms with van der Waals surface area (Å²) in [5.74, 6) is 0. The van der Waals surface area contributed by atoms with Crippen LogP contribution in [0.5, 0.6) is 0 Å². The van der Waals surface area contributed by atoms with E-state index in [0.29, 0.717) is 17.1 Å². The van der Waals surface area contributed by atoms with Gasteiger partial charge in [-0.25, -0.2) is 0 Å². The van der Waals surface area contributed by atoms with Crippen molar-refractivity contribution in [2.75, 3.05) is 6.54 Å². The molecule has 0 aromatic heterocycles. The Labute approximate surface area is 126 Å². The first-order valence-corrected chi connectivity index (χ1v) is 6.96. The average Bonchev–Trinajstić information content (AvgIpc) is 2.45. The van der Waals surface area contributed by atoms with Gasteiger partial charge in [0.15, 0.2) is 0 Å². The van der Waals surface area contributed by atoms with E-state index in [1.165, 1.54) is 6.07 Å². The lowest BCUT2D eigenvalue weighted by atomic mass is 9.97. The molecule has 0 fully saturated rings. The van der Waals surface area contributed by atoms with Gasteiger partial charge in [-0.1, -0.05) is 48.9 Å². The smallest absolute Gasteiger partial charge is 0.306 e. The number of benzene rings is 2. The van der Waals surface area contributed by atoms with E-state index in [1.54, 1.807) is 18.2 Å². The van der Waals surface area contributed by atoms with Gasteiger partial charge in [0.25, 0.3) is 0 Å². The number of hydrogen-bond donors (Lipinski definition) is 1. The monoisotopic (exact) mass is 313 g/mol. The van der Waals surface area contributed by atoms with Crippen LogP contribution in [0.15, 0.2) is 48.5 Å². The summed E-state index contributed by atoms with van der Waals surface area (Å²) < 4.78 is 38.6. The van der Waals surface area contributed by atoms with E-state index in [0.717, 1.165) is 17.7 Å². The van der Waals surface area contributed by atoms with Crippen LogP contribution in [-0.2, 0) is 6.18 Å². The van der Waals surface area contributed by atoms with E-state index in [1.807, 2.05) is 19.1 Å². The lowest BCUT2D eigenvalue weighted by Gasteiger charge is -2.21. The highest BCUT2D eigenvalue weighted by atomic mass is 35.5. The molecule has 112 valence electrons. The number of nitrogens with one attached hydrogen (secondary N) is 1. The van der Waals surface area contributed by atoms with Gasteiger partial charge < -0.3 is 5.32 Å². The van der Waals surface area contributed by atoms with Gasteiger partial charge in [-0.3, -0.25) is 0 Å². The number of hydrogen-bond acceptors (Lipinski definition) is 1. The van der Waals surface area contributed by atoms with Gasteiger partial charge in [0.1, 0.15) is 0 Å². The fraction of sp³-hybridized carbons (Fsp3) is 0.250. The molecule has 1 atom stereocenters. The molecule has 0 aliphatic carbocycles. The first-order chi connectivity index (χ1) is 9.93. The summed E-state index contributed by atoms with van der Waals surface area (Å²) in [4.78, 5) is 0. The van der Waals surface area contributed by atoms with Gasteiger partial charge in [-0.2, -0.15) is 13.2 Å². The topological polar surface area (TPSA) is 12.0 Å². The Morgan fingerprint density at radius 2 is 1.81 bits per heavy atom. The van der Waals surface area contributed by atoms with E-state index in [2.05, 4.69) is 5.32 Å². The van der Waals surface area contributed by atoms with E-state index in [9.17, 15) is 13.2 Å². The molecule has 0 bridgehead atoms. The minimum atomic E-state index is -4.35. The maximum absolute atomic E-state index is 12.9.